The van der Waals surface area contributed by atoms with Crippen LogP contribution in [0.15, 0.2) is 54.7 Å². The Balaban J connectivity index is 1.55. The Morgan fingerprint density at radius 3 is 2.72 bits per heavy atom. The Bertz CT molecular complexity index is 1630. The van der Waals surface area contributed by atoms with Gasteiger partial charge >= 0.3 is 0 Å². The predicted octanol–water partition coefficient (Wildman–Crippen LogP) is 5.49. The fourth-order valence-corrected chi connectivity index (χ4v) is 4.42. The number of aryl methyl sites for hydroxylation is 2. The van der Waals surface area contributed by atoms with Gasteiger partial charge in [-0.05, 0) is 56.7 Å². The maximum absolute atomic E-state index is 10.0. The number of nitrogens with one attached hydrogen (secondary N) is 1. The van der Waals surface area contributed by atoms with Crippen LogP contribution in [-0.4, -0.2) is 26.4 Å². The first-order valence-corrected chi connectivity index (χ1v) is 11.9. The molecule has 0 aliphatic rings. The predicted molar refractivity (Wildman–Crippen MR) is 143 cm³/mol. The zero-order chi connectivity index (χ0) is 25.2. The molecule has 36 heavy (non-hydrogen) atoms. The highest BCUT2D eigenvalue weighted by molar-refractivity contribution is 6.00. The number of aromatic nitrogens is 4. The standard InChI is InChI=1S/C28H27N7O/c1-4-24-22(14-29)28(21-12-23(30)27(36-5-2)13-25(21)34-24)33-19-9-10-26-18(11-19)15-31-35(26)16-20-8-6-7-17(3)32-20/h6-13,15H,4-5,16,30H2,1-3H3,(H,33,34). The average molecular weight is 478 g/mol. The normalized spacial score (nSPS) is 11.1. The smallest absolute Gasteiger partial charge is 0.144 e. The van der Waals surface area contributed by atoms with E-state index in [2.05, 4.69) is 21.5 Å². The number of nitriles is 1. The molecule has 0 aliphatic heterocycles. The number of fused-ring (bicyclic) bond motifs is 2. The molecule has 0 saturated heterocycles. The van der Waals surface area contributed by atoms with Gasteiger partial charge in [0.1, 0.15) is 11.8 Å². The molecule has 0 unspecified atom stereocenters. The summed E-state index contributed by atoms with van der Waals surface area (Å²) in [5.41, 5.74) is 13.2. The van der Waals surface area contributed by atoms with Gasteiger partial charge < -0.3 is 15.8 Å². The van der Waals surface area contributed by atoms with Gasteiger partial charge in [0.2, 0.25) is 0 Å². The van der Waals surface area contributed by atoms with E-state index in [-0.39, 0.29) is 0 Å². The number of hydrogen-bond donors (Lipinski definition) is 2. The van der Waals surface area contributed by atoms with Crippen molar-refractivity contribution >= 4 is 38.9 Å². The number of nitrogens with zero attached hydrogens (tertiary/aromatic N) is 5. The van der Waals surface area contributed by atoms with E-state index in [1.54, 1.807) is 0 Å². The number of hydrogen-bond acceptors (Lipinski definition) is 7. The molecule has 180 valence electrons. The van der Waals surface area contributed by atoms with Crippen LogP contribution < -0.4 is 15.8 Å². The number of pyridine rings is 2. The largest absolute Gasteiger partial charge is 0.492 e. The molecule has 5 rings (SSSR count). The fourth-order valence-electron chi connectivity index (χ4n) is 4.42. The zero-order valence-electron chi connectivity index (χ0n) is 20.5. The first-order valence-electron chi connectivity index (χ1n) is 11.9. The van der Waals surface area contributed by atoms with Crippen molar-refractivity contribution in [3.05, 3.63) is 77.4 Å². The van der Waals surface area contributed by atoms with Crippen LogP contribution in [0.25, 0.3) is 21.8 Å². The van der Waals surface area contributed by atoms with Gasteiger partial charge in [0, 0.05) is 28.2 Å². The summed E-state index contributed by atoms with van der Waals surface area (Å²) < 4.78 is 7.61. The minimum atomic E-state index is 0.504. The fraction of sp³-hybridized carbons (Fsp3) is 0.214. The molecule has 2 aromatic carbocycles. The van der Waals surface area contributed by atoms with E-state index < -0.39 is 0 Å². The van der Waals surface area contributed by atoms with Gasteiger partial charge in [0.15, 0.2) is 0 Å². The van der Waals surface area contributed by atoms with Gasteiger partial charge in [-0.1, -0.05) is 13.0 Å². The molecule has 0 spiro atoms. The van der Waals surface area contributed by atoms with E-state index in [1.807, 2.05) is 80.2 Å². The van der Waals surface area contributed by atoms with Gasteiger partial charge in [0.05, 0.1) is 58.7 Å². The third-order valence-electron chi connectivity index (χ3n) is 6.11. The first kappa shape index (κ1) is 23.1. The first-order chi connectivity index (χ1) is 17.5. The van der Waals surface area contributed by atoms with Gasteiger partial charge in [0.25, 0.3) is 0 Å². The topological polar surface area (TPSA) is 115 Å². The molecule has 0 aliphatic carbocycles. The molecular weight excluding hydrogens is 450 g/mol. The van der Waals surface area contributed by atoms with Crippen molar-refractivity contribution in [2.75, 3.05) is 17.7 Å². The van der Waals surface area contributed by atoms with Crippen LogP contribution in [0.4, 0.5) is 17.1 Å². The van der Waals surface area contributed by atoms with Crippen LogP contribution in [0.3, 0.4) is 0 Å². The highest BCUT2D eigenvalue weighted by Gasteiger charge is 2.17. The Kier molecular flexibility index (Phi) is 6.13. The number of nitrogen functional groups attached to an aromatic ring is 1. The lowest BCUT2D eigenvalue weighted by atomic mass is 10.0. The molecule has 3 heterocycles. The van der Waals surface area contributed by atoms with Crippen LogP contribution in [0.5, 0.6) is 5.75 Å². The maximum Gasteiger partial charge on any atom is 0.144 e. The number of rotatable bonds is 7. The third kappa shape index (κ3) is 4.27. The molecule has 0 fully saturated rings. The average Bonchev–Trinajstić information content (AvgIpc) is 3.26. The van der Waals surface area contributed by atoms with Crippen molar-refractivity contribution < 1.29 is 4.74 Å². The van der Waals surface area contributed by atoms with Crippen LogP contribution in [0.2, 0.25) is 0 Å². The van der Waals surface area contributed by atoms with E-state index in [0.29, 0.717) is 42.3 Å². The maximum atomic E-state index is 10.0. The summed E-state index contributed by atoms with van der Waals surface area (Å²) in [7, 11) is 0. The van der Waals surface area contributed by atoms with E-state index >= 15 is 0 Å². The molecular formula is C28H27N7O. The second kappa shape index (κ2) is 9.55. The number of benzene rings is 2. The Labute approximate surface area is 209 Å². The summed E-state index contributed by atoms with van der Waals surface area (Å²) in [6.07, 6.45) is 2.47. The van der Waals surface area contributed by atoms with Crippen LogP contribution >= 0.6 is 0 Å². The van der Waals surface area contributed by atoms with E-state index in [0.717, 1.165) is 44.6 Å². The highest BCUT2D eigenvalue weighted by atomic mass is 16.5. The summed E-state index contributed by atoms with van der Waals surface area (Å²) in [4.78, 5) is 9.32. The molecule has 3 aromatic heterocycles. The third-order valence-corrected chi connectivity index (χ3v) is 6.11. The Hall–Kier alpha value is -4.64. The van der Waals surface area contributed by atoms with Gasteiger partial charge in [-0.3, -0.25) is 14.6 Å². The molecule has 0 radical (unpaired) electrons. The van der Waals surface area contributed by atoms with Gasteiger partial charge in [-0.2, -0.15) is 10.4 Å². The van der Waals surface area contributed by atoms with Gasteiger partial charge in [-0.25, -0.2) is 0 Å². The van der Waals surface area contributed by atoms with Crippen molar-refractivity contribution in [1.82, 2.24) is 19.7 Å². The zero-order valence-corrected chi connectivity index (χ0v) is 20.5. The molecule has 3 N–H and O–H groups in total. The molecule has 0 atom stereocenters. The molecule has 5 aromatic rings. The van der Waals surface area contributed by atoms with E-state index in [9.17, 15) is 5.26 Å². The lowest BCUT2D eigenvalue weighted by Gasteiger charge is -2.16. The summed E-state index contributed by atoms with van der Waals surface area (Å²) in [5.74, 6) is 0.590. The Morgan fingerprint density at radius 1 is 1.11 bits per heavy atom. The quantitative estimate of drug-likeness (QED) is 0.298. The summed E-state index contributed by atoms with van der Waals surface area (Å²) in [6.45, 7) is 6.98. The van der Waals surface area contributed by atoms with Gasteiger partial charge in [-0.15, -0.1) is 0 Å². The number of ether oxygens (including phenoxy) is 1. The molecule has 8 heteroatoms. The van der Waals surface area contributed by atoms with Crippen LogP contribution in [0.1, 0.15) is 36.5 Å². The van der Waals surface area contributed by atoms with E-state index in [4.69, 9.17) is 15.5 Å². The SMILES string of the molecule is CCOc1cc2nc(CC)c(C#N)c(Nc3ccc4c(cnn4Cc4cccc(C)n4)c3)c2cc1N. The summed E-state index contributed by atoms with van der Waals surface area (Å²) >= 11 is 0. The minimum absolute atomic E-state index is 0.504. The van der Waals surface area contributed by atoms with E-state index in [1.165, 1.54) is 0 Å². The molecule has 0 saturated carbocycles. The molecule has 0 amide bonds. The highest BCUT2D eigenvalue weighted by Crippen LogP contribution is 2.36. The van der Waals surface area contributed by atoms with Crippen LogP contribution in [0, 0.1) is 18.3 Å². The summed E-state index contributed by atoms with van der Waals surface area (Å²) in [5, 5.41) is 19.8. The Morgan fingerprint density at radius 2 is 1.97 bits per heavy atom. The van der Waals surface area contributed by atoms with Crippen molar-refractivity contribution in [3.63, 3.8) is 0 Å². The van der Waals surface area contributed by atoms with Crippen molar-refractivity contribution in [1.29, 1.82) is 5.26 Å². The minimum Gasteiger partial charge on any atom is -0.492 e. The second-order valence-electron chi connectivity index (χ2n) is 8.59. The number of nitrogens with two attached hydrogens (primary N) is 1. The lowest BCUT2D eigenvalue weighted by Crippen LogP contribution is -2.04. The monoisotopic (exact) mass is 477 g/mol. The summed E-state index contributed by atoms with van der Waals surface area (Å²) in [6, 6.07) is 18.0. The second-order valence-corrected chi connectivity index (χ2v) is 8.59. The number of anilines is 3. The van der Waals surface area contributed by atoms with Crippen molar-refractivity contribution in [2.24, 2.45) is 0 Å². The lowest BCUT2D eigenvalue weighted by molar-refractivity contribution is 0.342. The van der Waals surface area contributed by atoms with Crippen molar-refractivity contribution in [2.45, 2.75) is 33.7 Å². The van der Waals surface area contributed by atoms with Crippen molar-refractivity contribution in [3.8, 4) is 11.8 Å². The molecule has 0 bridgehead atoms. The van der Waals surface area contributed by atoms with Crippen LogP contribution in [-0.2, 0) is 13.0 Å². The molecule has 8 nitrogen and oxygen atoms in total.